The first-order valence-electron chi connectivity index (χ1n) is 8.73. The molecular formula is C17H29N5O2. The van der Waals surface area contributed by atoms with Crippen molar-refractivity contribution in [1.29, 1.82) is 0 Å². The van der Waals surface area contributed by atoms with E-state index < -0.39 is 0 Å². The Kier molecular flexibility index (Phi) is 5.85. The Labute approximate surface area is 144 Å². The van der Waals surface area contributed by atoms with Crippen molar-refractivity contribution in [2.75, 3.05) is 31.5 Å². The summed E-state index contributed by atoms with van der Waals surface area (Å²) in [5.41, 5.74) is 2.49. The molecule has 24 heavy (non-hydrogen) atoms. The van der Waals surface area contributed by atoms with E-state index in [4.69, 9.17) is 0 Å². The van der Waals surface area contributed by atoms with Gasteiger partial charge >= 0.3 is 6.03 Å². The molecule has 2 heterocycles. The maximum atomic E-state index is 12.6. The van der Waals surface area contributed by atoms with Crippen LogP contribution in [0.4, 0.5) is 10.5 Å². The normalized spacial score (nSPS) is 17.7. The average molecular weight is 335 g/mol. The van der Waals surface area contributed by atoms with E-state index in [1.807, 2.05) is 39.6 Å². The Hall–Kier alpha value is -2.05. The van der Waals surface area contributed by atoms with Crippen molar-refractivity contribution in [3.8, 4) is 0 Å². The van der Waals surface area contributed by atoms with Gasteiger partial charge < -0.3 is 15.1 Å². The minimum Gasteiger partial charge on any atom is -0.343 e. The van der Waals surface area contributed by atoms with Gasteiger partial charge in [0.05, 0.1) is 23.0 Å². The SMILES string of the molecule is CCN(CC)C(=O)C1CCCN(C(=O)Nc2c(C)nn(C)c2C)C1. The van der Waals surface area contributed by atoms with Crippen molar-refractivity contribution in [3.63, 3.8) is 0 Å². The van der Waals surface area contributed by atoms with Gasteiger partial charge in [0.2, 0.25) is 5.91 Å². The van der Waals surface area contributed by atoms with Crippen LogP contribution in [0.3, 0.4) is 0 Å². The highest BCUT2D eigenvalue weighted by molar-refractivity contribution is 5.91. The molecule has 0 spiro atoms. The molecule has 134 valence electrons. The molecule has 0 aromatic carbocycles. The fourth-order valence-corrected chi connectivity index (χ4v) is 3.30. The summed E-state index contributed by atoms with van der Waals surface area (Å²) < 4.78 is 1.76. The summed E-state index contributed by atoms with van der Waals surface area (Å²) in [4.78, 5) is 28.8. The van der Waals surface area contributed by atoms with Crippen molar-refractivity contribution in [2.24, 2.45) is 13.0 Å². The Bertz CT molecular complexity index is 606. The van der Waals surface area contributed by atoms with Crippen LogP contribution in [0.2, 0.25) is 0 Å². The molecule has 7 heteroatoms. The van der Waals surface area contributed by atoms with Crippen LogP contribution in [-0.2, 0) is 11.8 Å². The number of rotatable bonds is 4. The third-order valence-corrected chi connectivity index (χ3v) is 4.87. The van der Waals surface area contributed by atoms with E-state index in [-0.39, 0.29) is 17.9 Å². The Morgan fingerprint density at radius 1 is 1.29 bits per heavy atom. The smallest absolute Gasteiger partial charge is 0.321 e. The molecule has 0 bridgehead atoms. The predicted molar refractivity (Wildman–Crippen MR) is 93.9 cm³/mol. The molecule has 0 aliphatic carbocycles. The van der Waals surface area contributed by atoms with Gasteiger partial charge in [-0.1, -0.05) is 0 Å². The molecule has 1 N–H and O–H groups in total. The highest BCUT2D eigenvalue weighted by atomic mass is 16.2. The Morgan fingerprint density at radius 2 is 1.96 bits per heavy atom. The van der Waals surface area contributed by atoms with Crippen molar-refractivity contribution >= 4 is 17.6 Å². The molecule has 3 amide bonds. The first kappa shape index (κ1) is 18.3. The first-order chi connectivity index (χ1) is 11.4. The molecule has 0 saturated carbocycles. The van der Waals surface area contributed by atoms with Gasteiger partial charge in [0.25, 0.3) is 0 Å². The van der Waals surface area contributed by atoms with Crippen molar-refractivity contribution in [3.05, 3.63) is 11.4 Å². The van der Waals surface area contributed by atoms with Gasteiger partial charge in [0, 0.05) is 33.2 Å². The lowest BCUT2D eigenvalue weighted by Crippen LogP contribution is -2.48. The summed E-state index contributed by atoms with van der Waals surface area (Å²) in [5, 5.41) is 7.28. The largest absolute Gasteiger partial charge is 0.343 e. The molecule has 1 unspecified atom stereocenters. The van der Waals surface area contributed by atoms with Gasteiger partial charge in [-0.25, -0.2) is 4.79 Å². The number of carbonyl (C=O) groups excluding carboxylic acids is 2. The standard InChI is InChI=1S/C17H29N5O2/c1-6-21(7-2)16(23)14-9-8-10-22(11-14)17(24)18-15-12(3)19-20(5)13(15)4/h14H,6-11H2,1-5H3,(H,18,24). The summed E-state index contributed by atoms with van der Waals surface area (Å²) in [5.74, 6) is 0.0618. The summed E-state index contributed by atoms with van der Waals surface area (Å²) in [6.45, 7) is 10.4. The Morgan fingerprint density at radius 3 is 2.50 bits per heavy atom. The number of nitrogens with one attached hydrogen (secondary N) is 1. The minimum absolute atomic E-state index is 0.0968. The lowest BCUT2D eigenvalue weighted by molar-refractivity contribution is -0.136. The fraction of sp³-hybridized carbons (Fsp3) is 0.706. The van der Waals surface area contributed by atoms with Gasteiger partial charge in [-0.05, 0) is 40.5 Å². The molecular weight excluding hydrogens is 306 g/mol. The van der Waals surface area contributed by atoms with E-state index in [9.17, 15) is 9.59 Å². The number of aromatic nitrogens is 2. The number of hydrogen-bond acceptors (Lipinski definition) is 3. The molecule has 0 radical (unpaired) electrons. The van der Waals surface area contributed by atoms with Crippen molar-refractivity contribution in [2.45, 2.75) is 40.5 Å². The zero-order chi connectivity index (χ0) is 17.9. The van der Waals surface area contributed by atoms with Crippen LogP contribution in [0.5, 0.6) is 0 Å². The molecule has 7 nitrogen and oxygen atoms in total. The number of urea groups is 1. The van der Waals surface area contributed by atoms with E-state index in [1.54, 1.807) is 9.58 Å². The lowest BCUT2D eigenvalue weighted by Gasteiger charge is -2.34. The summed E-state index contributed by atoms with van der Waals surface area (Å²) >= 11 is 0. The summed E-state index contributed by atoms with van der Waals surface area (Å²) in [7, 11) is 1.86. The number of nitrogens with zero attached hydrogens (tertiary/aromatic N) is 4. The fourth-order valence-electron chi connectivity index (χ4n) is 3.30. The van der Waals surface area contributed by atoms with Crippen molar-refractivity contribution in [1.82, 2.24) is 19.6 Å². The lowest BCUT2D eigenvalue weighted by atomic mass is 9.96. The van der Waals surface area contributed by atoms with Crippen LogP contribution in [-0.4, -0.2) is 57.7 Å². The predicted octanol–water partition coefficient (Wildman–Crippen LogP) is 2.15. The van der Waals surface area contributed by atoms with Crippen molar-refractivity contribution < 1.29 is 9.59 Å². The van der Waals surface area contributed by atoms with Crippen LogP contribution in [0.25, 0.3) is 0 Å². The number of piperidine rings is 1. The van der Waals surface area contributed by atoms with Gasteiger partial charge in [0.1, 0.15) is 0 Å². The van der Waals surface area contributed by atoms with Gasteiger partial charge in [0.15, 0.2) is 0 Å². The number of carbonyl (C=O) groups is 2. The second-order valence-corrected chi connectivity index (χ2v) is 6.40. The van der Waals surface area contributed by atoms with E-state index >= 15 is 0 Å². The molecule has 1 saturated heterocycles. The molecule has 2 rings (SSSR count). The average Bonchev–Trinajstić information content (AvgIpc) is 2.82. The molecule has 1 aliphatic heterocycles. The molecule has 1 aromatic heterocycles. The molecule has 1 atom stereocenters. The third kappa shape index (κ3) is 3.71. The number of hydrogen-bond donors (Lipinski definition) is 1. The van der Waals surface area contributed by atoms with Crippen LogP contribution >= 0.6 is 0 Å². The van der Waals surface area contributed by atoms with E-state index in [2.05, 4.69) is 10.4 Å². The minimum atomic E-state index is -0.147. The summed E-state index contributed by atoms with van der Waals surface area (Å²) in [6.07, 6.45) is 1.71. The second-order valence-electron chi connectivity index (χ2n) is 6.40. The van der Waals surface area contributed by atoms with Gasteiger partial charge in [-0.15, -0.1) is 0 Å². The maximum Gasteiger partial charge on any atom is 0.321 e. The summed E-state index contributed by atoms with van der Waals surface area (Å²) in [6, 6.07) is -0.147. The maximum absolute atomic E-state index is 12.6. The number of amides is 3. The quantitative estimate of drug-likeness (QED) is 0.916. The van der Waals surface area contributed by atoms with Crippen LogP contribution < -0.4 is 5.32 Å². The molecule has 1 aliphatic rings. The van der Waals surface area contributed by atoms with Gasteiger partial charge in [-0.3, -0.25) is 9.48 Å². The van der Waals surface area contributed by atoms with Crippen LogP contribution in [0.15, 0.2) is 0 Å². The molecule has 1 aromatic rings. The number of aryl methyl sites for hydroxylation is 2. The second kappa shape index (κ2) is 7.68. The van der Waals surface area contributed by atoms with Gasteiger partial charge in [-0.2, -0.15) is 5.10 Å². The topological polar surface area (TPSA) is 70.5 Å². The molecule has 1 fully saturated rings. The monoisotopic (exact) mass is 335 g/mol. The number of likely N-dealkylation sites (tertiary alicyclic amines) is 1. The van der Waals surface area contributed by atoms with E-state index in [0.717, 1.165) is 29.9 Å². The van der Waals surface area contributed by atoms with E-state index in [1.165, 1.54) is 0 Å². The highest BCUT2D eigenvalue weighted by Gasteiger charge is 2.30. The first-order valence-corrected chi connectivity index (χ1v) is 8.73. The zero-order valence-electron chi connectivity index (χ0n) is 15.4. The van der Waals surface area contributed by atoms with E-state index in [0.29, 0.717) is 26.2 Å². The third-order valence-electron chi connectivity index (χ3n) is 4.87. The number of anilines is 1. The van der Waals surface area contributed by atoms with Crippen LogP contribution in [0.1, 0.15) is 38.1 Å². The highest BCUT2D eigenvalue weighted by Crippen LogP contribution is 2.22. The Balaban J connectivity index is 2.03. The zero-order valence-corrected chi connectivity index (χ0v) is 15.4. The van der Waals surface area contributed by atoms with Crippen LogP contribution in [0, 0.1) is 19.8 Å².